The van der Waals surface area contributed by atoms with E-state index < -0.39 is 0 Å². The molecule has 0 unspecified atom stereocenters. The van der Waals surface area contributed by atoms with Crippen molar-refractivity contribution in [1.29, 1.82) is 0 Å². The minimum atomic E-state index is -0.281. The fourth-order valence-electron chi connectivity index (χ4n) is 7.65. The third-order valence-corrected chi connectivity index (χ3v) is 8.92. The van der Waals surface area contributed by atoms with Gasteiger partial charge in [0, 0.05) is 17.0 Å². The second-order valence-electron chi connectivity index (χ2n) is 10.9. The van der Waals surface area contributed by atoms with Gasteiger partial charge >= 0.3 is 0 Å². The van der Waals surface area contributed by atoms with Crippen LogP contribution in [0.1, 0.15) is 54.4 Å². The van der Waals surface area contributed by atoms with Gasteiger partial charge in [0.25, 0.3) is 0 Å². The number of allylic oxidation sites excluding steroid dienone is 1. The molecule has 3 aromatic rings. The zero-order chi connectivity index (χ0) is 24.0. The van der Waals surface area contributed by atoms with Crippen molar-refractivity contribution in [2.45, 2.75) is 62.9 Å². The number of fused-ring (bicyclic) bond motifs is 4. The molecular formula is C32H34O3. The van der Waals surface area contributed by atoms with Gasteiger partial charge in [-0.15, -0.1) is 0 Å². The van der Waals surface area contributed by atoms with Crippen LogP contribution in [0.15, 0.2) is 83.9 Å². The summed E-state index contributed by atoms with van der Waals surface area (Å²) in [6, 6.07) is 25.3. The lowest BCUT2D eigenvalue weighted by atomic mass is 9.52. The van der Waals surface area contributed by atoms with Gasteiger partial charge in [0.15, 0.2) is 0 Å². The van der Waals surface area contributed by atoms with E-state index in [1.165, 1.54) is 33.4 Å². The SMILES string of the molecule is COc1cc(O)cc2c1[C@@]1(Cc3ccccc3)CC[C@@]3(Cc4ccccc4)C[C@@H](O)CC3=C1CC2. The predicted octanol–water partition coefficient (Wildman–Crippen LogP) is 6.30. The lowest BCUT2D eigenvalue weighted by molar-refractivity contribution is 0.148. The summed E-state index contributed by atoms with van der Waals surface area (Å²) in [6.45, 7) is 0. The largest absolute Gasteiger partial charge is 0.508 e. The highest BCUT2D eigenvalue weighted by molar-refractivity contribution is 5.60. The number of methoxy groups -OCH3 is 1. The van der Waals surface area contributed by atoms with Gasteiger partial charge < -0.3 is 14.9 Å². The Hall–Kier alpha value is -3.04. The number of aromatic hydroxyl groups is 1. The molecule has 1 fully saturated rings. The molecule has 3 nitrogen and oxygen atoms in total. The Balaban J connectivity index is 1.56. The third-order valence-electron chi connectivity index (χ3n) is 8.92. The molecule has 0 amide bonds. The van der Waals surface area contributed by atoms with E-state index >= 15 is 0 Å². The summed E-state index contributed by atoms with van der Waals surface area (Å²) in [5, 5.41) is 21.4. The number of hydrogen-bond donors (Lipinski definition) is 2. The first kappa shape index (κ1) is 22.4. The van der Waals surface area contributed by atoms with Crippen LogP contribution in [-0.4, -0.2) is 23.4 Å². The van der Waals surface area contributed by atoms with Crippen LogP contribution in [0.25, 0.3) is 0 Å². The molecule has 3 aliphatic carbocycles. The Bertz CT molecular complexity index is 1250. The first-order valence-electron chi connectivity index (χ1n) is 12.9. The van der Waals surface area contributed by atoms with Gasteiger partial charge in [0.2, 0.25) is 0 Å². The van der Waals surface area contributed by atoms with Gasteiger partial charge in [0.05, 0.1) is 13.2 Å². The van der Waals surface area contributed by atoms with Crippen molar-refractivity contribution >= 4 is 0 Å². The predicted molar refractivity (Wildman–Crippen MR) is 139 cm³/mol. The van der Waals surface area contributed by atoms with Gasteiger partial charge in [-0.1, -0.05) is 71.8 Å². The van der Waals surface area contributed by atoms with Crippen molar-refractivity contribution in [3.63, 3.8) is 0 Å². The lowest BCUT2D eigenvalue weighted by Crippen LogP contribution is -2.44. The molecule has 0 spiro atoms. The van der Waals surface area contributed by atoms with E-state index in [1.807, 2.05) is 6.07 Å². The average molecular weight is 467 g/mol. The molecule has 0 bridgehead atoms. The molecule has 3 aromatic carbocycles. The van der Waals surface area contributed by atoms with Crippen LogP contribution in [0.3, 0.4) is 0 Å². The lowest BCUT2D eigenvalue weighted by Gasteiger charge is -2.51. The van der Waals surface area contributed by atoms with Crippen LogP contribution in [0.2, 0.25) is 0 Å². The van der Waals surface area contributed by atoms with Gasteiger partial charge in [-0.2, -0.15) is 0 Å². The van der Waals surface area contributed by atoms with E-state index in [1.54, 1.807) is 13.2 Å². The molecule has 0 radical (unpaired) electrons. The van der Waals surface area contributed by atoms with Crippen molar-refractivity contribution in [2.75, 3.05) is 7.11 Å². The quantitative estimate of drug-likeness (QED) is 0.434. The molecule has 35 heavy (non-hydrogen) atoms. The maximum Gasteiger partial charge on any atom is 0.126 e. The van der Waals surface area contributed by atoms with Crippen LogP contribution < -0.4 is 4.74 Å². The van der Waals surface area contributed by atoms with E-state index in [0.717, 1.165) is 57.1 Å². The van der Waals surface area contributed by atoms with E-state index in [9.17, 15) is 10.2 Å². The first-order valence-corrected chi connectivity index (χ1v) is 12.9. The molecule has 2 N–H and O–H groups in total. The van der Waals surface area contributed by atoms with Crippen LogP contribution in [0, 0.1) is 5.41 Å². The average Bonchev–Trinajstić information content (AvgIpc) is 3.20. The minimum Gasteiger partial charge on any atom is -0.508 e. The topological polar surface area (TPSA) is 49.7 Å². The van der Waals surface area contributed by atoms with Crippen molar-refractivity contribution in [3.8, 4) is 11.5 Å². The van der Waals surface area contributed by atoms with Crippen LogP contribution >= 0.6 is 0 Å². The van der Waals surface area contributed by atoms with E-state index in [2.05, 4.69) is 60.7 Å². The smallest absolute Gasteiger partial charge is 0.126 e. The number of aliphatic hydroxyl groups is 1. The first-order chi connectivity index (χ1) is 17.0. The van der Waals surface area contributed by atoms with Gasteiger partial charge in [-0.3, -0.25) is 0 Å². The Morgan fingerprint density at radius 1 is 0.857 bits per heavy atom. The van der Waals surface area contributed by atoms with Crippen molar-refractivity contribution < 1.29 is 14.9 Å². The molecule has 3 atom stereocenters. The number of phenolic OH excluding ortho intramolecular Hbond substituents is 1. The Morgan fingerprint density at radius 3 is 2.23 bits per heavy atom. The molecule has 6 rings (SSSR count). The fraction of sp³-hybridized carbons (Fsp3) is 0.375. The second kappa shape index (κ2) is 8.57. The van der Waals surface area contributed by atoms with Crippen molar-refractivity contribution in [2.24, 2.45) is 5.41 Å². The van der Waals surface area contributed by atoms with E-state index in [4.69, 9.17) is 4.74 Å². The number of phenols is 1. The van der Waals surface area contributed by atoms with Crippen LogP contribution in [0.4, 0.5) is 0 Å². The summed E-state index contributed by atoms with van der Waals surface area (Å²) in [7, 11) is 1.72. The number of aliphatic hydroxyl groups excluding tert-OH is 1. The Morgan fingerprint density at radius 2 is 1.54 bits per heavy atom. The highest BCUT2D eigenvalue weighted by Crippen LogP contribution is 2.63. The molecule has 3 heteroatoms. The molecule has 0 aromatic heterocycles. The third kappa shape index (κ3) is 3.68. The number of hydrogen-bond acceptors (Lipinski definition) is 3. The summed E-state index contributed by atoms with van der Waals surface area (Å²) < 4.78 is 5.93. The van der Waals surface area contributed by atoms with E-state index in [0.29, 0.717) is 0 Å². The number of rotatable bonds is 5. The Kier molecular flexibility index (Phi) is 5.49. The molecule has 3 aliphatic rings. The normalized spacial score (nSPS) is 27.2. The summed E-state index contributed by atoms with van der Waals surface area (Å²) in [4.78, 5) is 0. The minimum absolute atomic E-state index is 0.0257. The zero-order valence-corrected chi connectivity index (χ0v) is 20.5. The number of benzene rings is 3. The molecule has 180 valence electrons. The number of ether oxygens (including phenoxy) is 1. The standard InChI is InChI=1S/C32H34O3/c1-35-29-18-25(33)16-24-12-13-27-28-17-26(34)21-31(28,19-22-8-4-2-5-9-22)14-15-32(27,30(24)29)20-23-10-6-3-7-11-23/h2-11,16,18,26,33-34H,12-15,17,19-21H2,1H3/t26-,31+,32+/m0/s1. The highest BCUT2D eigenvalue weighted by atomic mass is 16.5. The summed E-state index contributed by atoms with van der Waals surface area (Å²) in [5.41, 5.74) is 8.01. The summed E-state index contributed by atoms with van der Waals surface area (Å²) in [5.74, 6) is 1.07. The van der Waals surface area contributed by atoms with Crippen molar-refractivity contribution in [3.05, 3.63) is 106 Å². The highest BCUT2D eigenvalue weighted by Gasteiger charge is 2.54. The maximum absolute atomic E-state index is 11.0. The maximum atomic E-state index is 11.0. The summed E-state index contributed by atoms with van der Waals surface area (Å²) >= 11 is 0. The fourth-order valence-corrected chi connectivity index (χ4v) is 7.65. The second-order valence-corrected chi connectivity index (χ2v) is 10.9. The van der Waals surface area contributed by atoms with Gasteiger partial charge in [-0.25, -0.2) is 0 Å². The van der Waals surface area contributed by atoms with Crippen molar-refractivity contribution in [1.82, 2.24) is 0 Å². The Labute approximate surface area is 208 Å². The monoisotopic (exact) mass is 466 g/mol. The molecule has 0 saturated heterocycles. The molecule has 1 saturated carbocycles. The molecule has 0 aliphatic heterocycles. The van der Waals surface area contributed by atoms with Gasteiger partial charge in [-0.05, 0) is 79.5 Å². The number of aryl methyl sites for hydroxylation is 1. The summed E-state index contributed by atoms with van der Waals surface area (Å²) in [6.07, 6.45) is 7.19. The zero-order valence-electron chi connectivity index (χ0n) is 20.5. The van der Waals surface area contributed by atoms with E-state index in [-0.39, 0.29) is 22.7 Å². The molecule has 0 heterocycles. The van der Waals surface area contributed by atoms with Crippen LogP contribution in [-0.2, 0) is 24.7 Å². The van der Waals surface area contributed by atoms with Crippen LogP contribution in [0.5, 0.6) is 11.5 Å². The van der Waals surface area contributed by atoms with Gasteiger partial charge in [0.1, 0.15) is 11.5 Å². The molecular weight excluding hydrogens is 432 g/mol.